The van der Waals surface area contributed by atoms with E-state index in [1.165, 1.54) is 0 Å². The van der Waals surface area contributed by atoms with E-state index in [1.54, 1.807) is 16.7 Å². The van der Waals surface area contributed by atoms with Gasteiger partial charge in [-0.3, -0.25) is 14.5 Å². The number of para-hydroxylation sites is 1. The summed E-state index contributed by atoms with van der Waals surface area (Å²) in [5, 5.41) is 2.86. The van der Waals surface area contributed by atoms with E-state index < -0.39 is 11.6 Å². The topological polar surface area (TPSA) is 69.7 Å². The maximum absolute atomic E-state index is 13.5. The number of imide groups is 1. The summed E-state index contributed by atoms with van der Waals surface area (Å²) in [6, 6.07) is 17.1. The first-order valence-corrected chi connectivity index (χ1v) is 11.3. The fourth-order valence-electron chi connectivity index (χ4n) is 4.77. The number of amides is 4. The van der Waals surface area contributed by atoms with Gasteiger partial charge < -0.3 is 10.2 Å². The number of rotatable bonds is 3. The van der Waals surface area contributed by atoms with Crippen molar-refractivity contribution in [3.05, 3.63) is 60.2 Å². The molecule has 1 spiro atoms. The molecule has 154 valence electrons. The number of anilines is 1. The molecule has 2 aromatic rings. The Balaban J connectivity index is 1.46. The van der Waals surface area contributed by atoms with Crippen LogP contribution in [0.3, 0.4) is 0 Å². The number of thioether (sulfide) groups is 1. The van der Waals surface area contributed by atoms with Crippen LogP contribution in [0.25, 0.3) is 0 Å². The van der Waals surface area contributed by atoms with Gasteiger partial charge in [-0.2, -0.15) is 0 Å². The fourth-order valence-corrected chi connectivity index (χ4v) is 5.93. The third-order valence-corrected chi connectivity index (χ3v) is 7.42. The van der Waals surface area contributed by atoms with Crippen LogP contribution in [-0.4, -0.2) is 40.6 Å². The largest absolute Gasteiger partial charge is 0.325 e. The standard InChI is InChI=1S/C23H23N3O3S/c27-20(14-25-21(28)23(24-22(25)29)12-6-7-13-23)26-17-10-4-5-11-19(17)30-15-18(26)16-8-2-1-3-9-16/h1-5,8-11,18H,6-7,12-15H2,(H,24,29)/t18-/m0/s1. The number of fused-ring (bicyclic) bond motifs is 1. The minimum Gasteiger partial charge on any atom is -0.323 e. The molecule has 2 aromatic carbocycles. The lowest BCUT2D eigenvalue weighted by atomic mass is 9.98. The highest BCUT2D eigenvalue weighted by atomic mass is 32.2. The van der Waals surface area contributed by atoms with Gasteiger partial charge in [0.15, 0.2) is 0 Å². The predicted molar refractivity (Wildman–Crippen MR) is 115 cm³/mol. The van der Waals surface area contributed by atoms with Crippen molar-refractivity contribution in [2.24, 2.45) is 0 Å². The van der Waals surface area contributed by atoms with Gasteiger partial charge in [0.25, 0.3) is 5.91 Å². The SMILES string of the molecule is O=C1NC2(CCCC2)C(=O)N1CC(=O)N1c2ccccc2SC[C@H]1c1ccccc1. The highest BCUT2D eigenvalue weighted by Crippen LogP contribution is 2.43. The zero-order valence-electron chi connectivity index (χ0n) is 16.5. The van der Waals surface area contributed by atoms with Crippen LogP contribution in [0.5, 0.6) is 0 Å². The molecule has 4 amide bonds. The maximum atomic E-state index is 13.5. The number of nitrogens with zero attached hydrogens (tertiary/aromatic N) is 2. The Morgan fingerprint density at radius 2 is 1.73 bits per heavy atom. The first-order valence-electron chi connectivity index (χ1n) is 10.3. The summed E-state index contributed by atoms with van der Waals surface area (Å²) in [4.78, 5) is 43.0. The zero-order valence-corrected chi connectivity index (χ0v) is 17.4. The Bertz CT molecular complexity index is 1000. The number of carbonyl (C=O) groups is 3. The Morgan fingerprint density at radius 1 is 1.03 bits per heavy atom. The Labute approximate surface area is 179 Å². The molecule has 1 atom stereocenters. The molecule has 6 nitrogen and oxygen atoms in total. The average Bonchev–Trinajstić information content (AvgIpc) is 3.34. The Hall–Kier alpha value is -2.80. The molecule has 0 radical (unpaired) electrons. The van der Waals surface area contributed by atoms with Gasteiger partial charge in [-0.1, -0.05) is 55.3 Å². The molecular formula is C23H23N3O3S. The summed E-state index contributed by atoms with van der Waals surface area (Å²) in [5.41, 5.74) is 1.07. The van der Waals surface area contributed by atoms with Gasteiger partial charge in [0.1, 0.15) is 12.1 Å². The lowest BCUT2D eigenvalue weighted by Crippen LogP contribution is -2.47. The molecule has 0 bridgehead atoms. The Morgan fingerprint density at radius 3 is 2.50 bits per heavy atom. The highest BCUT2D eigenvalue weighted by Gasteiger charge is 2.53. The minimum absolute atomic E-state index is 0.153. The van der Waals surface area contributed by atoms with Crippen LogP contribution in [0.2, 0.25) is 0 Å². The summed E-state index contributed by atoms with van der Waals surface area (Å²) in [6.07, 6.45) is 3.14. The summed E-state index contributed by atoms with van der Waals surface area (Å²) >= 11 is 1.72. The molecule has 1 saturated heterocycles. The van der Waals surface area contributed by atoms with Crippen molar-refractivity contribution in [1.82, 2.24) is 10.2 Å². The number of hydrogen-bond donors (Lipinski definition) is 1. The van der Waals surface area contributed by atoms with E-state index in [1.807, 2.05) is 54.6 Å². The lowest BCUT2D eigenvalue weighted by molar-refractivity contribution is -0.134. The number of benzene rings is 2. The van der Waals surface area contributed by atoms with E-state index in [2.05, 4.69) is 5.32 Å². The minimum atomic E-state index is -0.800. The second kappa shape index (κ2) is 7.47. The quantitative estimate of drug-likeness (QED) is 0.767. The maximum Gasteiger partial charge on any atom is 0.325 e. The van der Waals surface area contributed by atoms with Crippen LogP contribution in [0.1, 0.15) is 37.3 Å². The summed E-state index contributed by atoms with van der Waals surface area (Å²) < 4.78 is 0. The first-order chi connectivity index (χ1) is 14.6. The predicted octanol–water partition coefficient (Wildman–Crippen LogP) is 3.73. The van der Waals surface area contributed by atoms with Crippen molar-refractivity contribution in [2.75, 3.05) is 17.2 Å². The molecule has 1 saturated carbocycles. The van der Waals surface area contributed by atoms with Crippen LogP contribution in [0.15, 0.2) is 59.5 Å². The summed E-state index contributed by atoms with van der Waals surface area (Å²) in [5.74, 6) is 0.223. The van der Waals surface area contributed by atoms with Crippen molar-refractivity contribution in [3.63, 3.8) is 0 Å². The number of carbonyl (C=O) groups excluding carboxylic acids is 3. The van der Waals surface area contributed by atoms with E-state index in [0.29, 0.717) is 12.8 Å². The smallest absolute Gasteiger partial charge is 0.323 e. The van der Waals surface area contributed by atoms with E-state index in [4.69, 9.17) is 0 Å². The van der Waals surface area contributed by atoms with Gasteiger partial charge in [0.2, 0.25) is 5.91 Å². The summed E-state index contributed by atoms with van der Waals surface area (Å²) in [7, 11) is 0. The van der Waals surface area contributed by atoms with Crippen molar-refractivity contribution < 1.29 is 14.4 Å². The van der Waals surface area contributed by atoms with Gasteiger partial charge in [-0.15, -0.1) is 11.8 Å². The van der Waals surface area contributed by atoms with Crippen molar-refractivity contribution in [1.29, 1.82) is 0 Å². The molecule has 1 aliphatic carbocycles. The molecule has 1 N–H and O–H groups in total. The number of hydrogen-bond acceptors (Lipinski definition) is 4. The third-order valence-electron chi connectivity index (χ3n) is 6.28. The van der Waals surface area contributed by atoms with Crippen molar-refractivity contribution in [3.8, 4) is 0 Å². The van der Waals surface area contributed by atoms with Crippen LogP contribution >= 0.6 is 11.8 Å². The van der Waals surface area contributed by atoms with Crippen LogP contribution in [-0.2, 0) is 9.59 Å². The van der Waals surface area contributed by atoms with E-state index >= 15 is 0 Å². The first kappa shape index (κ1) is 19.2. The monoisotopic (exact) mass is 421 g/mol. The third kappa shape index (κ3) is 3.08. The molecular weight excluding hydrogens is 398 g/mol. The second-order valence-corrected chi connectivity index (χ2v) is 9.14. The fraction of sp³-hybridized carbons (Fsp3) is 0.348. The molecule has 2 fully saturated rings. The number of nitrogens with one attached hydrogen (secondary N) is 1. The normalized spacial score (nSPS) is 22.3. The molecule has 5 rings (SSSR count). The van der Waals surface area contributed by atoms with Gasteiger partial charge in [0.05, 0.1) is 11.7 Å². The lowest BCUT2D eigenvalue weighted by Gasteiger charge is -2.37. The van der Waals surface area contributed by atoms with Gasteiger partial charge in [-0.05, 0) is 30.5 Å². The second-order valence-electron chi connectivity index (χ2n) is 8.08. The zero-order chi connectivity index (χ0) is 20.7. The van der Waals surface area contributed by atoms with Crippen molar-refractivity contribution in [2.45, 2.75) is 42.2 Å². The van der Waals surface area contributed by atoms with E-state index in [0.717, 1.165) is 39.6 Å². The van der Waals surface area contributed by atoms with Crippen LogP contribution in [0.4, 0.5) is 10.5 Å². The Kier molecular flexibility index (Phi) is 4.77. The molecule has 2 aliphatic heterocycles. The van der Waals surface area contributed by atoms with Gasteiger partial charge in [0, 0.05) is 10.6 Å². The molecule has 30 heavy (non-hydrogen) atoms. The molecule has 3 aliphatic rings. The van der Waals surface area contributed by atoms with Crippen LogP contribution in [0, 0.1) is 0 Å². The van der Waals surface area contributed by atoms with Gasteiger partial charge >= 0.3 is 6.03 Å². The molecule has 0 aromatic heterocycles. The average molecular weight is 422 g/mol. The number of urea groups is 1. The van der Waals surface area contributed by atoms with Gasteiger partial charge in [-0.25, -0.2) is 4.79 Å². The van der Waals surface area contributed by atoms with Crippen molar-refractivity contribution >= 4 is 35.3 Å². The molecule has 2 heterocycles. The highest BCUT2D eigenvalue weighted by molar-refractivity contribution is 7.99. The van der Waals surface area contributed by atoms with E-state index in [9.17, 15) is 14.4 Å². The summed E-state index contributed by atoms with van der Waals surface area (Å²) in [6.45, 7) is -0.241. The van der Waals surface area contributed by atoms with Crippen LogP contribution < -0.4 is 10.2 Å². The molecule has 7 heteroatoms. The molecule has 0 unspecified atom stereocenters. The van der Waals surface area contributed by atoms with E-state index in [-0.39, 0.29) is 24.4 Å².